The molecule has 1 atom stereocenters. The molecule has 0 aromatic heterocycles. The molecule has 0 spiro atoms. The Morgan fingerprint density at radius 1 is 1.28 bits per heavy atom. The molecular weight excluding hydrogens is 326 g/mol. The van der Waals surface area contributed by atoms with E-state index >= 15 is 0 Å². The highest BCUT2D eigenvalue weighted by Crippen LogP contribution is 2.32. The minimum Gasteiger partial charge on any atom is -0.469 e. The van der Waals surface area contributed by atoms with Crippen molar-refractivity contribution in [2.45, 2.75) is 20.3 Å². The smallest absolute Gasteiger partial charge is 0.310 e. The van der Waals surface area contributed by atoms with Crippen LogP contribution in [0.15, 0.2) is 18.2 Å². The average molecular weight is 351 g/mol. The Balaban J connectivity index is 2.09. The molecule has 0 aliphatic carbocycles. The molecule has 0 bridgehead atoms. The van der Waals surface area contributed by atoms with E-state index in [1.54, 1.807) is 30.0 Å². The molecule has 1 aliphatic rings. The summed E-state index contributed by atoms with van der Waals surface area (Å²) in [6.07, 6.45) is 0.692. The fourth-order valence-corrected chi connectivity index (χ4v) is 2.60. The molecule has 1 aliphatic heterocycles. The summed E-state index contributed by atoms with van der Waals surface area (Å²) >= 11 is 0. The fourth-order valence-electron chi connectivity index (χ4n) is 2.60. The minimum atomic E-state index is -0.407. The molecule has 25 heavy (non-hydrogen) atoms. The number of rotatable bonds is 9. The number of esters is 1. The maximum absolute atomic E-state index is 12.9. The fraction of sp³-hybridized carbons (Fsp3) is 0.556. The summed E-state index contributed by atoms with van der Waals surface area (Å²) in [6, 6.07) is 5.09. The second kappa shape index (κ2) is 9.27. The second-order valence-electron chi connectivity index (χ2n) is 5.79. The summed E-state index contributed by atoms with van der Waals surface area (Å²) in [5.41, 5.74) is 0.498. The first-order valence-corrected chi connectivity index (χ1v) is 8.41. The van der Waals surface area contributed by atoms with Crippen LogP contribution in [0, 0.1) is 5.92 Å². The molecule has 1 amide bonds. The lowest BCUT2D eigenvalue weighted by atomic mass is 10.1. The van der Waals surface area contributed by atoms with Crippen LogP contribution >= 0.6 is 0 Å². The zero-order valence-corrected chi connectivity index (χ0v) is 14.9. The molecule has 7 nitrogen and oxygen atoms in total. The molecule has 7 heteroatoms. The van der Waals surface area contributed by atoms with Crippen molar-refractivity contribution in [3.63, 3.8) is 0 Å². The number of carbonyl (C=O) groups is 2. The van der Waals surface area contributed by atoms with Crippen molar-refractivity contribution in [3.05, 3.63) is 23.8 Å². The highest BCUT2D eigenvalue weighted by Gasteiger charge is 2.24. The van der Waals surface area contributed by atoms with Crippen molar-refractivity contribution in [1.29, 1.82) is 0 Å². The van der Waals surface area contributed by atoms with Gasteiger partial charge in [-0.05, 0) is 31.5 Å². The van der Waals surface area contributed by atoms with Crippen molar-refractivity contribution >= 4 is 11.9 Å². The summed E-state index contributed by atoms with van der Waals surface area (Å²) in [7, 11) is 1.35. The summed E-state index contributed by atoms with van der Waals surface area (Å²) in [5.74, 6) is 0.275. The summed E-state index contributed by atoms with van der Waals surface area (Å²) in [6.45, 7) is 5.80. The molecule has 0 saturated carbocycles. The Kier molecular flexibility index (Phi) is 7.06. The summed E-state index contributed by atoms with van der Waals surface area (Å²) in [5, 5.41) is 0. The Bertz CT molecular complexity index is 603. The highest BCUT2D eigenvalue weighted by molar-refractivity contribution is 5.95. The number of carbonyl (C=O) groups excluding carboxylic acids is 2. The molecule has 2 rings (SSSR count). The SMILES string of the molecule is CCOCCCN(CC(C)C(=O)OC)C(=O)c1ccc2c(c1)OCO2. The molecule has 138 valence electrons. The molecule has 0 N–H and O–H groups in total. The van der Waals surface area contributed by atoms with E-state index in [-0.39, 0.29) is 25.2 Å². The Morgan fingerprint density at radius 2 is 2.04 bits per heavy atom. The first-order chi connectivity index (χ1) is 12.1. The van der Waals surface area contributed by atoms with Crippen molar-refractivity contribution < 1.29 is 28.5 Å². The van der Waals surface area contributed by atoms with Gasteiger partial charge in [0.25, 0.3) is 5.91 Å². The van der Waals surface area contributed by atoms with Gasteiger partial charge in [-0.15, -0.1) is 0 Å². The zero-order chi connectivity index (χ0) is 18.2. The van der Waals surface area contributed by atoms with Crippen LogP contribution in [0.1, 0.15) is 30.6 Å². The topological polar surface area (TPSA) is 74.3 Å². The highest BCUT2D eigenvalue weighted by atomic mass is 16.7. The van der Waals surface area contributed by atoms with Gasteiger partial charge in [-0.25, -0.2) is 0 Å². The minimum absolute atomic E-state index is 0.157. The largest absolute Gasteiger partial charge is 0.469 e. The number of amides is 1. The van der Waals surface area contributed by atoms with E-state index in [2.05, 4.69) is 0 Å². The third kappa shape index (κ3) is 5.09. The number of fused-ring (bicyclic) bond motifs is 1. The van der Waals surface area contributed by atoms with Crippen LogP contribution in [0.4, 0.5) is 0 Å². The quantitative estimate of drug-likeness (QED) is 0.501. The molecule has 0 saturated heterocycles. The van der Waals surface area contributed by atoms with Crippen LogP contribution in [-0.4, -0.2) is 57.0 Å². The monoisotopic (exact) mass is 351 g/mol. The Hall–Kier alpha value is -2.28. The maximum Gasteiger partial charge on any atom is 0.310 e. The molecule has 0 radical (unpaired) electrons. The molecule has 1 heterocycles. The van der Waals surface area contributed by atoms with Gasteiger partial charge >= 0.3 is 5.97 Å². The van der Waals surface area contributed by atoms with Crippen molar-refractivity contribution in [1.82, 2.24) is 4.90 Å². The van der Waals surface area contributed by atoms with Crippen LogP contribution in [0.3, 0.4) is 0 Å². The number of hydrogen-bond donors (Lipinski definition) is 0. The van der Waals surface area contributed by atoms with Gasteiger partial charge in [0, 0.05) is 31.9 Å². The maximum atomic E-state index is 12.9. The molecule has 1 unspecified atom stereocenters. The van der Waals surface area contributed by atoms with Gasteiger partial charge in [0.2, 0.25) is 6.79 Å². The van der Waals surface area contributed by atoms with Crippen molar-refractivity contribution in [3.8, 4) is 11.5 Å². The van der Waals surface area contributed by atoms with E-state index < -0.39 is 5.92 Å². The number of ether oxygens (including phenoxy) is 4. The molecule has 1 aromatic rings. The molecular formula is C18H25NO6. The van der Waals surface area contributed by atoms with Gasteiger partial charge in [0.05, 0.1) is 13.0 Å². The predicted octanol–water partition coefficient (Wildman–Crippen LogP) is 2.09. The third-order valence-corrected chi connectivity index (χ3v) is 3.93. The van der Waals surface area contributed by atoms with E-state index in [0.29, 0.717) is 43.2 Å². The Labute approximate surface area is 147 Å². The lowest BCUT2D eigenvalue weighted by molar-refractivity contribution is -0.145. The standard InChI is InChI=1S/C18H25NO6/c1-4-23-9-5-8-19(11-13(2)18(21)22-3)17(20)14-6-7-15-16(10-14)25-12-24-15/h6-7,10,13H,4-5,8-9,11-12H2,1-3H3. The van der Waals surface area contributed by atoms with Gasteiger partial charge in [-0.3, -0.25) is 9.59 Å². The lowest BCUT2D eigenvalue weighted by Gasteiger charge is -2.25. The second-order valence-corrected chi connectivity index (χ2v) is 5.79. The first kappa shape index (κ1) is 19.1. The van der Waals surface area contributed by atoms with E-state index in [0.717, 1.165) is 0 Å². The number of methoxy groups -OCH3 is 1. The van der Waals surface area contributed by atoms with Crippen molar-refractivity contribution in [2.24, 2.45) is 5.92 Å². The first-order valence-electron chi connectivity index (χ1n) is 8.41. The summed E-state index contributed by atoms with van der Waals surface area (Å²) < 4.78 is 20.7. The normalized spacial score (nSPS) is 13.4. The van der Waals surface area contributed by atoms with E-state index in [4.69, 9.17) is 18.9 Å². The number of benzene rings is 1. The lowest BCUT2D eigenvalue weighted by Crippen LogP contribution is -2.38. The van der Waals surface area contributed by atoms with Crippen LogP contribution in [0.2, 0.25) is 0 Å². The van der Waals surface area contributed by atoms with E-state index in [9.17, 15) is 9.59 Å². The molecule has 0 fully saturated rings. The van der Waals surface area contributed by atoms with Crippen LogP contribution in [0.5, 0.6) is 11.5 Å². The average Bonchev–Trinajstić information content (AvgIpc) is 3.10. The number of hydrogen-bond acceptors (Lipinski definition) is 6. The van der Waals surface area contributed by atoms with Gasteiger partial charge in [0.15, 0.2) is 11.5 Å². The van der Waals surface area contributed by atoms with Crippen molar-refractivity contribution in [2.75, 3.05) is 40.2 Å². The van der Waals surface area contributed by atoms with Crippen LogP contribution in [0.25, 0.3) is 0 Å². The molecule has 1 aromatic carbocycles. The Morgan fingerprint density at radius 3 is 2.76 bits per heavy atom. The third-order valence-electron chi connectivity index (χ3n) is 3.93. The predicted molar refractivity (Wildman–Crippen MR) is 90.8 cm³/mol. The van der Waals surface area contributed by atoms with E-state index in [1.165, 1.54) is 7.11 Å². The number of nitrogens with zero attached hydrogens (tertiary/aromatic N) is 1. The summed E-state index contributed by atoms with van der Waals surface area (Å²) in [4.78, 5) is 26.3. The zero-order valence-electron chi connectivity index (χ0n) is 14.9. The van der Waals surface area contributed by atoms with Gasteiger partial charge in [-0.1, -0.05) is 6.92 Å². The van der Waals surface area contributed by atoms with Gasteiger partial charge in [-0.2, -0.15) is 0 Å². The van der Waals surface area contributed by atoms with Crippen LogP contribution < -0.4 is 9.47 Å². The van der Waals surface area contributed by atoms with E-state index in [1.807, 2.05) is 6.92 Å². The van der Waals surface area contributed by atoms with Gasteiger partial charge in [0.1, 0.15) is 0 Å². The van der Waals surface area contributed by atoms with Gasteiger partial charge < -0.3 is 23.8 Å². The van der Waals surface area contributed by atoms with Crippen LogP contribution in [-0.2, 0) is 14.3 Å².